The zero-order chi connectivity index (χ0) is 19.1. The second-order valence-corrected chi connectivity index (χ2v) is 8.68. The molecule has 0 aliphatic carbocycles. The molecule has 4 saturated heterocycles. The maximum Gasteiger partial charge on any atom is 0.166 e. The summed E-state index contributed by atoms with van der Waals surface area (Å²) < 4.78 is 5.39. The first-order valence-corrected chi connectivity index (χ1v) is 11.4. The van der Waals surface area contributed by atoms with Crippen LogP contribution in [0.4, 0.5) is 0 Å². The molecule has 0 spiro atoms. The molecule has 4 aliphatic heterocycles. The Morgan fingerprint density at radius 3 is 2.59 bits per heavy atom. The minimum atomic E-state index is 0.649. The molecule has 4 fully saturated rings. The number of nitrogens with one attached hydrogen (secondary N) is 2. The summed E-state index contributed by atoms with van der Waals surface area (Å²) in [5.41, 5.74) is 0. The average Bonchev–Trinajstić information content (AvgIpc) is 2.72. The van der Waals surface area contributed by atoms with Crippen molar-refractivity contribution in [2.24, 2.45) is 11.8 Å². The highest BCUT2D eigenvalue weighted by molar-refractivity contribution is 7.80. The van der Waals surface area contributed by atoms with Crippen molar-refractivity contribution in [1.82, 2.24) is 25.3 Å². The molecule has 156 valence electrons. The molecule has 0 aromatic carbocycles. The van der Waals surface area contributed by atoms with E-state index < -0.39 is 0 Å². The molecule has 4 atom stereocenters. The number of fused-ring (bicyclic) bond motifs is 3. The standard InChI is InChI=1S/C20H39N5OS/c1-3-23(4-2)15-18-16-25-7-5-17(18)13-19(25)14-22-20(27)21-6-8-24-9-11-26-12-10-24/h17-19H,3-16H2,1-2H3,(H2,21,22,27)/t17-,18-,19+/m0/s1. The van der Waals surface area contributed by atoms with Crippen LogP contribution in [0, 0.1) is 11.8 Å². The van der Waals surface area contributed by atoms with Crippen molar-refractivity contribution in [2.75, 3.05) is 78.7 Å². The van der Waals surface area contributed by atoms with Crippen LogP contribution in [0.5, 0.6) is 0 Å². The topological polar surface area (TPSA) is 43.0 Å². The molecule has 0 amide bonds. The van der Waals surface area contributed by atoms with Gasteiger partial charge in [0.05, 0.1) is 13.2 Å². The molecule has 0 saturated carbocycles. The van der Waals surface area contributed by atoms with Crippen molar-refractivity contribution in [3.05, 3.63) is 0 Å². The molecule has 6 nitrogen and oxygen atoms in total. The van der Waals surface area contributed by atoms with Gasteiger partial charge in [0.2, 0.25) is 0 Å². The third kappa shape index (κ3) is 6.26. The van der Waals surface area contributed by atoms with E-state index in [0.717, 1.165) is 62.9 Å². The Bertz CT molecular complexity index is 456. The Labute approximate surface area is 171 Å². The van der Waals surface area contributed by atoms with E-state index in [0.29, 0.717) is 6.04 Å². The summed E-state index contributed by atoms with van der Waals surface area (Å²) in [5.74, 6) is 1.75. The predicted octanol–water partition coefficient (Wildman–Crippen LogP) is 0.835. The number of morpholine rings is 1. The first-order valence-electron chi connectivity index (χ1n) is 11.0. The smallest absolute Gasteiger partial charge is 0.166 e. The van der Waals surface area contributed by atoms with Crippen molar-refractivity contribution in [2.45, 2.75) is 32.7 Å². The number of piperidine rings is 3. The van der Waals surface area contributed by atoms with Crippen LogP contribution in [0.3, 0.4) is 0 Å². The third-order valence-corrected chi connectivity index (χ3v) is 7.01. The molecule has 2 bridgehead atoms. The summed E-state index contributed by atoms with van der Waals surface area (Å²) in [6.45, 7) is 17.4. The number of rotatable bonds is 9. The van der Waals surface area contributed by atoms with Crippen LogP contribution in [0.1, 0.15) is 26.7 Å². The lowest BCUT2D eigenvalue weighted by atomic mass is 9.75. The molecule has 2 N–H and O–H groups in total. The van der Waals surface area contributed by atoms with Gasteiger partial charge in [-0.25, -0.2) is 0 Å². The molecule has 0 aromatic rings. The molecule has 7 heteroatoms. The normalized spacial score (nSPS) is 31.2. The number of hydrogen-bond donors (Lipinski definition) is 2. The SMILES string of the molecule is CCN(CC)C[C@H]1CN2CC[C@H]1C[C@@H]2CNC(=S)NCCN1CCOCC1. The van der Waals surface area contributed by atoms with E-state index in [1.807, 2.05) is 0 Å². The summed E-state index contributed by atoms with van der Waals surface area (Å²) in [6, 6.07) is 0.649. The predicted molar refractivity (Wildman–Crippen MR) is 115 cm³/mol. The van der Waals surface area contributed by atoms with Crippen molar-refractivity contribution in [3.8, 4) is 0 Å². The number of thiocarbonyl (C=S) groups is 1. The van der Waals surface area contributed by atoms with Gasteiger partial charge in [-0.05, 0) is 56.5 Å². The van der Waals surface area contributed by atoms with Gasteiger partial charge in [-0.1, -0.05) is 13.8 Å². The fraction of sp³-hybridized carbons (Fsp3) is 0.950. The van der Waals surface area contributed by atoms with Crippen LogP contribution in [0.15, 0.2) is 0 Å². The lowest BCUT2D eigenvalue weighted by Crippen LogP contribution is -2.59. The van der Waals surface area contributed by atoms with Crippen LogP contribution < -0.4 is 10.6 Å². The van der Waals surface area contributed by atoms with Gasteiger partial charge in [0.15, 0.2) is 5.11 Å². The van der Waals surface area contributed by atoms with Crippen LogP contribution >= 0.6 is 12.2 Å². The molecule has 4 heterocycles. The quantitative estimate of drug-likeness (QED) is 0.559. The van der Waals surface area contributed by atoms with Crippen LogP contribution in [0.2, 0.25) is 0 Å². The average molecular weight is 398 g/mol. The largest absolute Gasteiger partial charge is 0.379 e. The van der Waals surface area contributed by atoms with Gasteiger partial charge in [-0.2, -0.15) is 0 Å². The van der Waals surface area contributed by atoms with E-state index in [4.69, 9.17) is 17.0 Å². The van der Waals surface area contributed by atoms with Gasteiger partial charge in [-0.3, -0.25) is 9.80 Å². The molecule has 4 rings (SSSR count). The summed E-state index contributed by atoms with van der Waals surface area (Å²) in [7, 11) is 0. The van der Waals surface area contributed by atoms with E-state index in [1.54, 1.807) is 0 Å². The molecule has 27 heavy (non-hydrogen) atoms. The Morgan fingerprint density at radius 1 is 1.15 bits per heavy atom. The fourth-order valence-corrected chi connectivity index (χ4v) is 5.09. The van der Waals surface area contributed by atoms with Gasteiger partial charge in [0.25, 0.3) is 0 Å². The minimum Gasteiger partial charge on any atom is -0.379 e. The van der Waals surface area contributed by atoms with Gasteiger partial charge in [-0.15, -0.1) is 0 Å². The number of ether oxygens (including phenoxy) is 1. The summed E-state index contributed by atoms with van der Waals surface area (Å²) in [4.78, 5) is 7.73. The van der Waals surface area contributed by atoms with Gasteiger partial charge in [0, 0.05) is 51.9 Å². The zero-order valence-corrected chi connectivity index (χ0v) is 18.1. The van der Waals surface area contributed by atoms with E-state index in [-0.39, 0.29) is 0 Å². The summed E-state index contributed by atoms with van der Waals surface area (Å²) in [5, 5.41) is 7.67. The second-order valence-electron chi connectivity index (χ2n) is 8.27. The van der Waals surface area contributed by atoms with Gasteiger partial charge in [0.1, 0.15) is 0 Å². The number of hydrogen-bond acceptors (Lipinski definition) is 5. The van der Waals surface area contributed by atoms with E-state index in [1.165, 1.54) is 45.6 Å². The molecular weight excluding hydrogens is 358 g/mol. The lowest BCUT2D eigenvalue weighted by Gasteiger charge is -2.51. The van der Waals surface area contributed by atoms with Crippen LogP contribution in [-0.4, -0.2) is 105 Å². The highest BCUT2D eigenvalue weighted by Crippen LogP contribution is 2.36. The van der Waals surface area contributed by atoms with Crippen molar-refractivity contribution in [1.29, 1.82) is 0 Å². The molecule has 1 unspecified atom stereocenters. The molecular formula is C20H39N5OS. The molecule has 0 radical (unpaired) electrons. The van der Waals surface area contributed by atoms with Crippen LogP contribution in [-0.2, 0) is 4.74 Å². The van der Waals surface area contributed by atoms with Gasteiger partial charge >= 0.3 is 0 Å². The summed E-state index contributed by atoms with van der Waals surface area (Å²) >= 11 is 5.50. The highest BCUT2D eigenvalue weighted by atomic mass is 32.1. The Morgan fingerprint density at radius 2 is 1.93 bits per heavy atom. The maximum atomic E-state index is 5.50. The zero-order valence-electron chi connectivity index (χ0n) is 17.3. The fourth-order valence-electron chi connectivity index (χ4n) is 4.91. The van der Waals surface area contributed by atoms with Crippen molar-refractivity contribution in [3.63, 3.8) is 0 Å². The van der Waals surface area contributed by atoms with E-state index >= 15 is 0 Å². The van der Waals surface area contributed by atoms with Gasteiger partial charge < -0.3 is 20.3 Å². The monoisotopic (exact) mass is 397 g/mol. The minimum absolute atomic E-state index is 0.649. The van der Waals surface area contributed by atoms with Crippen molar-refractivity contribution < 1.29 is 4.74 Å². The van der Waals surface area contributed by atoms with Crippen molar-refractivity contribution >= 4 is 17.3 Å². The van der Waals surface area contributed by atoms with Crippen LogP contribution in [0.25, 0.3) is 0 Å². The maximum absolute atomic E-state index is 5.50. The first-order chi connectivity index (χ1) is 13.2. The van der Waals surface area contributed by atoms with E-state index in [2.05, 4.69) is 39.2 Å². The Balaban J connectivity index is 1.33. The lowest BCUT2D eigenvalue weighted by molar-refractivity contribution is -0.00939. The third-order valence-electron chi connectivity index (χ3n) is 6.72. The highest BCUT2D eigenvalue weighted by Gasteiger charge is 2.40. The second kappa shape index (κ2) is 10.9. The number of nitrogens with zero attached hydrogens (tertiary/aromatic N) is 3. The van der Waals surface area contributed by atoms with E-state index in [9.17, 15) is 0 Å². The Kier molecular flexibility index (Phi) is 8.58. The molecule has 4 aliphatic rings. The first kappa shape index (κ1) is 21.2. The molecule has 0 aromatic heterocycles. The summed E-state index contributed by atoms with van der Waals surface area (Å²) in [6.07, 6.45) is 2.71. The Hall–Kier alpha value is -0.470.